The van der Waals surface area contributed by atoms with Crippen LogP contribution in [0, 0.1) is 0 Å². The van der Waals surface area contributed by atoms with E-state index < -0.39 is 8.07 Å². The van der Waals surface area contributed by atoms with Crippen molar-refractivity contribution >= 4 is 66.1 Å². The van der Waals surface area contributed by atoms with Gasteiger partial charge in [0.05, 0.1) is 0 Å². The van der Waals surface area contributed by atoms with Crippen LogP contribution in [0.5, 0.6) is 0 Å². The highest BCUT2D eigenvalue weighted by Crippen LogP contribution is 2.38. The zero-order chi connectivity index (χ0) is 26.4. The Bertz CT molecular complexity index is 2140. The minimum Gasteiger partial charge on any atom is -0.289 e. The number of hydrogen-bond donors (Lipinski definition) is 0. The molecule has 1 aromatic heterocycles. The molecule has 7 aromatic rings. The van der Waals surface area contributed by atoms with Crippen molar-refractivity contribution in [3.8, 4) is 22.3 Å². The molecule has 2 aliphatic heterocycles. The molecular weight excluding hydrogens is 521 g/mol. The first kappa shape index (κ1) is 22.3. The number of carbonyl (C=O) groups is 1. The number of rotatable bonds is 2. The topological polar surface area (TPSA) is 17.1 Å². The van der Waals surface area contributed by atoms with Gasteiger partial charge < -0.3 is 0 Å². The van der Waals surface area contributed by atoms with Crippen LogP contribution in [0.25, 0.3) is 42.4 Å². The number of fused-ring (bicyclic) bond motifs is 13. The first-order valence-electron chi connectivity index (χ1n) is 13.7. The van der Waals surface area contributed by atoms with Crippen LogP contribution in [0.1, 0.15) is 15.9 Å². The first-order valence-corrected chi connectivity index (χ1v) is 16.5. The molecule has 0 bridgehead atoms. The van der Waals surface area contributed by atoms with E-state index in [2.05, 4.69) is 115 Å². The van der Waals surface area contributed by atoms with Gasteiger partial charge in [-0.1, -0.05) is 121 Å². The summed E-state index contributed by atoms with van der Waals surface area (Å²) in [5.41, 5.74) is 6.80. The van der Waals surface area contributed by atoms with Gasteiger partial charge in [0.1, 0.15) is 0 Å². The van der Waals surface area contributed by atoms with Gasteiger partial charge in [-0.05, 0) is 55.1 Å². The number of ketones is 1. The molecule has 1 nitrogen and oxygen atoms in total. The van der Waals surface area contributed by atoms with E-state index in [1.807, 2.05) is 18.2 Å². The highest BCUT2D eigenvalue weighted by Gasteiger charge is 2.53. The smallest absolute Gasteiger partial charge is 0.194 e. The van der Waals surface area contributed by atoms with E-state index in [-0.39, 0.29) is 5.78 Å². The fourth-order valence-electron chi connectivity index (χ4n) is 7.32. The number of thiophene rings is 1. The molecule has 3 heteroatoms. The summed E-state index contributed by atoms with van der Waals surface area (Å²) in [6.07, 6.45) is 0. The van der Waals surface area contributed by atoms with Crippen molar-refractivity contribution in [2.75, 3.05) is 0 Å². The maximum Gasteiger partial charge on any atom is 0.194 e. The fourth-order valence-corrected chi connectivity index (χ4v) is 14.2. The second-order valence-electron chi connectivity index (χ2n) is 10.8. The summed E-state index contributed by atoms with van der Waals surface area (Å²) in [7, 11) is -2.56. The van der Waals surface area contributed by atoms with Crippen LogP contribution < -0.4 is 20.7 Å². The second-order valence-corrected chi connectivity index (χ2v) is 15.5. The largest absolute Gasteiger partial charge is 0.289 e. The van der Waals surface area contributed by atoms with Crippen LogP contribution >= 0.6 is 11.3 Å². The molecule has 1 spiro atoms. The number of hydrogen-bond acceptors (Lipinski definition) is 2. The molecule has 0 atom stereocenters. The third-order valence-corrected chi connectivity index (χ3v) is 15.1. The molecule has 6 aromatic carbocycles. The molecule has 0 N–H and O–H groups in total. The van der Waals surface area contributed by atoms with Crippen LogP contribution in [-0.2, 0) is 0 Å². The predicted octanol–water partition coefficient (Wildman–Crippen LogP) is 6.62. The van der Waals surface area contributed by atoms with Crippen LogP contribution in [0.15, 0.2) is 133 Å². The lowest BCUT2D eigenvalue weighted by molar-refractivity contribution is 0.104. The molecule has 40 heavy (non-hydrogen) atoms. The van der Waals surface area contributed by atoms with E-state index in [1.165, 1.54) is 53.1 Å². The summed E-state index contributed by atoms with van der Waals surface area (Å²) in [4.78, 5) is 14.3. The molecule has 0 amide bonds. The van der Waals surface area contributed by atoms with Gasteiger partial charge in [-0.3, -0.25) is 4.79 Å². The van der Waals surface area contributed by atoms with E-state index in [9.17, 15) is 4.79 Å². The van der Waals surface area contributed by atoms with Gasteiger partial charge in [0.15, 0.2) is 13.9 Å². The summed E-state index contributed by atoms with van der Waals surface area (Å²) in [6.45, 7) is 0. The lowest BCUT2D eigenvalue weighted by atomic mass is 9.98. The molecular formula is C37H22OSSi. The van der Waals surface area contributed by atoms with Crippen molar-refractivity contribution in [3.63, 3.8) is 0 Å². The molecule has 0 fully saturated rings. The third-order valence-electron chi connectivity index (χ3n) is 8.91. The number of benzene rings is 6. The molecule has 9 rings (SSSR count). The van der Waals surface area contributed by atoms with Crippen LogP contribution in [-0.4, -0.2) is 13.9 Å². The van der Waals surface area contributed by atoms with Crippen LogP contribution in [0.2, 0.25) is 0 Å². The molecule has 0 unspecified atom stereocenters. The van der Waals surface area contributed by atoms with Gasteiger partial charge in [-0.25, -0.2) is 0 Å². The highest BCUT2D eigenvalue weighted by atomic mass is 32.1. The molecule has 2 aliphatic rings. The zero-order valence-corrected chi connectivity index (χ0v) is 23.3. The Morgan fingerprint density at radius 2 is 1.05 bits per heavy atom. The Morgan fingerprint density at radius 1 is 0.500 bits per heavy atom. The van der Waals surface area contributed by atoms with Gasteiger partial charge in [0.2, 0.25) is 0 Å². The van der Waals surface area contributed by atoms with E-state index in [1.54, 1.807) is 11.3 Å². The van der Waals surface area contributed by atoms with E-state index >= 15 is 0 Å². The molecule has 0 saturated carbocycles. The molecule has 3 heterocycles. The molecule has 0 radical (unpaired) electrons. The molecule has 0 saturated heterocycles. The fraction of sp³-hybridized carbons (Fsp3) is 0. The van der Waals surface area contributed by atoms with E-state index in [4.69, 9.17) is 0 Å². The lowest BCUT2D eigenvalue weighted by Gasteiger charge is -2.28. The van der Waals surface area contributed by atoms with Gasteiger partial charge in [0.25, 0.3) is 0 Å². The quantitative estimate of drug-likeness (QED) is 0.177. The third kappa shape index (κ3) is 2.68. The normalized spacial score (nSPS) is 13.8. The van der Waals surface area contributed by atoms with Gasteiger partial charge >= 0.3 is 0 Å². The predicted molar refractivity (Wildman–Crippen MR) is 171 cm³/mol. The monoisotopic (exact) mass is 542 g/mol. The van der Waals surface area contributed by atoms with Crippen molar-refractivity contribution < 1.29 is 4.79 Å². The van der Waals surface area contributed by atoms with E-state index in [0.29, 0.717) is 0 Å². The number of carbonyl (C=O) groups excluding carboxylic acids is 1. The lowest BCUT2D eigenvalue weighted by Crippen LogP contribution is -2.70. The van der Waals surface area contributed by atoms with Gasteiger partial charge in [-0.2, -0.15) is 0 Å². The minimum absolute atomic E-state index is 0.0969. The summed E-state index contributed by atoms with van der Waals surface area (Å²) in [5, 5.41) is 7.99. The van der Waals surface area contributed by atoms with E-state index in [0.717, 1.165) is 21.2 Å². The summed E-state index contributed by atoms with van der Waals surface area (Å²) < 4.78 is 2.29. The van der Waals surface area contributed by atoms with Crippen molar-refractivity contribution in [1.29, 1.82) is 0 Å². The minimum atomic E-state index is -2.56. The maximum atomic E-state index is 14.3. The Hall–Kier alpha value is -4.57. The SMILES string of the molecule is O=C(c1ccc2c(c1)[Si]1(c3ccccc3-c3ccccc31)c1ccccc1-2)c1cccc2c1sc1ccccc12. The molecule has 0 aliphatic carbocycles. The molecule has 186 valence electrons. The van der Waals surface area contributed by atoms with Crippen molar-refractivity contribution in [2.24, 2.45) is 0 Å². The standard InChI is InChI=1S/C37H22OSSi/c38-36(30-15-9-14-29-24-10-1-5-16-31(24)39-37(29)30)23-20-21-28-27-13-4-8-19-34(27)40(35(28)22-23)32-17-6-2-11-25(32)26-12-3-7-18-33(26)40/h1-22H. The second kappa shape index (κ2) is 7.98. The average Bonchev–Trinajstić information content (AvgIpc) is 3.64. The average molecular weight is 543 g/mol. The van der Waals surface area contributed by atoms with Crippen molar-refractivity contribution in [1.82, 2.24) is 0 Å². The Kier molecular flexibility index (Phi) is 4.44. The zero-order valence-electron chi connectivity index (χ0n) is 21.5. The Labute approximate surface area is 237 Å². The maximum absolute atomic E-state index is 14.3. The van der Waals surface area contributed by atoms with Crippen LogP contribution in [0.3, 0.4) is 0 Å². The van der Waals surface area contributed by atoms with Gasteiger partial charge in [-0.15, -0.1) is 11.3 Å². The Morgan fingerprint density at radius 3 is 1.73 bits per heavy atom. The highest BCUT2D eigenvalue weighted by molar-refractivity contribution is 7.26. The summed E-state index contributed by atoms with van der Waals surface area (Å²) in [6, 6.07) is 47.9. The van der Waals surface area contributed by atoms with Crippen molar-refractivity contribution in [2.45, 2.75) is 0 Å². The van der Waals surface area contributed by atoms with Crippen molar-refractivity contribution in [3.05, 3.63) is 145 Å². The summed E-state index contributed by atoms with van der Waals surface area (Å²) in [5.74, 6) is 0.0969. The van der Waals surface area contributed by atoms with Gasteiger partial charge in [0, 0.05) is 31.3 Å². The Balaban J connectivity index is 1.32. The first-order chi connectivity index (χ1) is 19.8. The summed E-state index contributed by atoms with van der Waals surface area (Å²) >= 11 is 1.71. The van der Waals surface area contributed by atoms with Crippen LogP contribution in [0.4, 0.5) is 0 Å².